The van der Waals surface area contributed by atoms with Crippen LogP contribution in [0.4, 0.5) is 26.3 Å². The molecule has 9 heteroatoms. The predicted octanol–water partition coefficient (Wildman–Crippen LogP) is 4.59. The van der Waals surface area contributed by atoms with Crippen molar-refractivity contribution in [3.63, 3.8) is 0 Å². The van der Waals surface area contributed by atoms with Crippen LogP contribution in [0, 0.1) is 5.92 Å². The van der Waals surface area contributed by atoms with E-state index in [0.29, 0.717) is 12.4 Å². The van der Waals surface area contributed by atoms with Crippen molar-refractivity contribution in [2.24, 2.45) is 11.7 Å². The van der Waals surface area contributed by atoms with Crippen LogP contribution in [-0.4, -0.2) is 19.0 Å². The third-order valence-electron chi connectivity index (χ3n) is 2.71. The van der Waals surface area contributed by atoms with Crippen LogP contribution in [0.3, 0.4) is 0 Å². The van der Waals surface area contributed by atoms with E-state index in [1.807, 2.05) is 0 Å². The minimum absolute atomic E-state index is 0.0273. The highest BCUT2D eigenvalue weighted by Crippen LogP contribution is 2.46. The van der Waals surface area contributed by atoms with Gasteiger partial charge in [0, 0.05) is 4.47 Å². The molecule has 0 aliphatic rings. The summed E-state index contributed by atoms with van der Waals surface area (Å²) in [4.78, 5) is 0. The van der Waals surface area contributed by atoms with E-state index in [-0.39, 0.29) is 10.0 Å². The van der Waals surface area contributed by atoms with Crippen molar-refractivity contribution in [1.82, 2.24) is 0 Å². The molecule has 0 aromatic heterocycles. The molecule has 21 heavy (non-hydrogen) atoms. The van der Waals surface area contributed by atoms with Gasteiger partial charge in [-0.1, -0.05) is 22.0 Å². The summed E-state index contributed by atoms with van der Waals surface area (Å²) in [5, 5.41) is 0. The largest absolute Gasteiger partial charge is 0.494 e. The molecule has 1 rings (SSSR count). The van der Waals surface area contributed by atoms with E-state index in [4.69, 9.17) is 10.5 Å². The summed E-state index contributed by atoms with van der Waals surface area (Å²) >= 11 is 2.92. The van der Waals surface area contributed by atoms with E-state index in [2.05, 4.69) is 15.9 Å². The van der Waals surface area contributed by atoms with Crippen molar-refractivity contribution in [2.75, 3.05) is 6.61 Å². The molecule has 1 unspecified atom stereocenters. The molecule has 0 aliphatic carbocycles. The van der Waals surface area contributed by atoms with Gasteiger partial charge >= 0.3 is 12.4 Å². The van der Waals surface area contributed by atoms with Gasteiger partial charge in [-0.2, -0.15) is 26.3 Å². The number of hydrogen-bond donors (Lipinski definition) is 1. The second-order valence-electron chi connectivity index (χ2n) is 4.20. The van der Waals surface area contributed by atoms with Crippen LogP contribution in [0.5, 0.6) is 5.75 Å². The molecular weight excluding hydrogens is 368 g/mol. The summed E-state index contributed by atoms with van der Waals surface area (Å²) in [5.41, 5.74) is 4.93. The molecule has 0 radical (unpaired) electrons. The summed E-state index contributed by atoms with van der Waals surface area (Å²) in [6.45, 7) is 2.00. The van der Waals surface area contributed by atoms with Gasteiger partial charge in [-0.25, -0.2) is 0 Å². The van der Waals surface area contributed by atoms with Crippen molar-refractivity contribution in [2.45, 2.75) is 25.3 Å². The van der Waals surface area contributed by atoms with E-state index in [1.165, 1.54) is 12.1 Å². The van der Waals surface area contributed by atoms with Crippen molar-refractivity contribution in [1.29, 1.82) is 0 Å². The second kappa shape index (κ2) is 6.43. The van der Waals surface area contributed by atoms with E-state index < -0.39 is 24.3 Å². The van der Waals surface area contributed by atoms with Crippen LogP contribution in [0.2, 0.25) is 0 Å². The number of alkyl halides is 6. The molecular formula is C12H12BrF6NO. The molecule has 0 amide bonds. The molecule has 2 nitrogen and oxygen atoms in total. The summed E-state index contributed by atoms with van der Waals surface area (Å²) in [7, 11) is 0. The molecule has 0 fully saturated rings. The Kier molecular flexibility index (Phi) is 5.54. The van der Waals surface area contributed by atoms with E-state index >= 15 is 0 Å². The van der Waals surface area contributed by atoms with Crippen LogP contribution >= 0.6 is 15.9 Å². The molecule has 2 N–H and O–H groups in total. The first kappa shape index (κ1) is 18.1. The minimum Gasteiger partial charge on any atom is -0.494 e. The number of nitrogens with two attached hydrogens (primary N) is 1. The van der Waals surface area contributed by atoms with E-state index in [1.54, 1.807) is 6.92 Å². The Hall–Kier alpha value is -0.960. The monoisotopic (exact) mass is 379 g/mol. The number of hydrogen-bond acceptors (Lipinski definition) is 2. The normalized spacial score (nSPS) is 14.4. The lowest BCUT2D eigenvalue weighted by atomic mass is 9.92. The van der Waals surface area contributed by atoms with Gasteiger partial charge in [0.05, 0.1) is 12.6 Å². The van der Waals surface area contributed by atoms with Crippen LogP contribution in [0.25, 0.3) is 0 Å². The molecule has 0 bridgehead atoms. The smallest absolute Gasteiger partial charge is 0.402 e. The van der Waals surface area contributed by atoms with Crippen molar-refractivity contribution >= 4 is 15.9 Å². The molecule has 1 atom stereocenters. The first-order chi connectivity index (χ1) is 9.48. The standard InChI is InChI=1S/C12H12BrF6NO/c1-2-21-6-3-4-7(8(13)5-6)9(20)10(11(14,15)16)12(17,18)19/h3-5,9-10H,2,20H2,1H3. The first-order valence-corrected chi connectivity index (χ1v) is 6.59. The second-order valence-corrected chi connectivity index (χ2v) is 5.06. The highest BCUT2D eigenvalue weighted by molar-refractivity contribution is 9.10. The van der Waals surface area contributed by atoms with Crippen LogP contribution < -0.4 is 10.5 Å². The lowest BCUT2D eigenvalue weighted by Crippen LogP contribution is -2.44. The highest BCUT2D eigenvalue weighted by atomic mass is 79.9. The zero-order valence-electron chi connectivity index (χ0n) is 10.7. The van der Waals surface area contributed by atoms with Gasteiger partial charge in [0.2, 0.25) is 0 Å². The number of rotatable bonds is 4. The third-order valence-corrected chi connectivity index (χ3v) is 3.39. The third kappa shape index (κ3) is 4.50. The average molecular weight is 380 g/mol. The van der Waals surface area contributed by atoms with Crippen molar-refractivity contribution < 1.29 is 31.1 Å². The van der Waals surface area contributed by atoms with E-state index in [0.717, 1.165) is 6.07 Å². The molecule has 120 valence electrons. The predicted molar refractivity (Wildman–Crippen MR) is 67.8 cm³/mol. The Morgan fingerprint density at radius 2 is 1.67 bits per heavy atom. The van der Waals surface area contributed by atoms with Gasteiger partial charge in [0.15, 0.2) is 5.92 Å². The fourth-order valence-electron chi connectivity index (χ4n) is 1.81. The Morgan fingerprint density at radius 1 is 1.14 bits per heavy atom. The lowest BCUT2D eigenvalue weighted by Gasteiger charge is -2.29. The SMILES string of the molecule is CCOc1ccc(C(N)C(C(F)(F)F)C(F)(F)F)c(Br)c1. The average Bonchev–Trinajstić information content (AvgIpc) is 2.25. The Morgan fingerprint density at radius 3 is 2.05 bits per heavy atom. The maximum Gasteiger partial charge on any atom is 0.402 e. The molecule has 0 saturated heterocycles. The topological polar surface area (TPSA) is 35.2 Å². The minimum atomic E-state index is -5.49. The highest BCUT2D eigenvalue weighted by Gasteiger charge is 2.59. The molecule has 0 spiro atoms. The first-order valence-electron chi connectivity index (χ1n) is 5.79. The Labute approximate surface area is 125 Å². The fraction of sp³-hybridized carbons (Fsp3) is 0.500. The quantitative estimate of drug-likeness (QED) is 0.776. The maximum atomic E-state index is 12.6. The number of ether oxygens (including phenoxy) is 1. The molecule has 0 heterocycles. The summed E-state index contributed by atoms with van der Waals surface area (Å²) in [5.74, 6) is -3.32. The van der Waals surface area contributed by atoms with Crippen LogP contribution in [-0.2, 0) is 0 Å². The summed E-state index contributed by atoms with van der Waals surface area (Å²) in [6.07, 6.45) is -11.0. The number of halogens is 7. The van der Waals surface area contributed by atoms with Gasteiger partial charge in [-0.05, 0) is 24.6 Å². The van der Waals surface area contributed by atoms with Gasteiger partial charge in [-0.3, -0.25) is 0 Å². The zero-order chi connectivity index (χ0) is 16.4. The molecule has 0 aliphatic heterocycles. The maximum absolute atomic E-state index is 12.6. The van der Waals surface area contributed by atoms with Crippen molar-refractivity contribution in [3.8, 4) is 5.75 Å². The van der Waals surface area contributed by atoms with Crippen LogP contribution in [0.15, 0.2) is 22.7 Å². The summed E-state index contributed by atoms with van der Waals surface area (Å²) < 4.78 is 81.0. The molecule has 1 aromatic carbocycles. The number of benzene rings is 1. The van der Waals surface area contributed by atoms with Gasteiger partial charge in [0.25, 0.3) is 0 Å². The zero-order valence-corrected chi connectivity index (χ0v) is 12.3. The lowest BCUT2D eigenvalue weighted by molar-refractivity contribution is -0.290. The Bertz CT molecular complexity index is 474. The van der Waals surface area contributed by atoms with Crippen molar-refractivity contribution in [3.05, 3.63) is 28.2 Å². The summed E-state index contributed by atoms with van der Waals surface area (Å²) in [6, 6.07) is 1.37. The fourth-order valence-corrected chi connectivity index (χ4v) is 2.43. The Balaban J connectivity index is 3.19. The van der Waals surface area contributed by atoms with E-state index in [9.17, 15) is 26.3 Å². The van der Waals surface area contributed by atoms with Gasteiger partial charge in [-0.15, -0.1) is 0 Å². The van der Waals surface area contributed by atoms with Gasteiger partial charge in [0.1, 0.15) is 5.75 Å². The van der Waals surface area contributed by atoms with Gasteiger partial charge < -0.3 is 10.5 Å². The van der Waals surface area contributed by atoms with Crippen LogP contribution in [0.1, 0.15) is 18.5 Å². The molecule has 0 saturated carbocycles. The molecule has 1 aromatic rings.